The van der Waals surface area contributed by atoms with Gasteiger partial charge in [0.1, 0.15) is 5.82 Å². The lowest BCUT2D eigenvalue weighted by Crippen LogP contribution is -2.44. The van der Waals surface area contributed by atoms with E-state index in [2.05, 4.69) is 62.8 Å². The third-order valence-electron chi connectivity index (χ3n) is 5.26. The Labute approximate surface area is 144 Å². The monoisotopic (exact) mass is 325 g/mol. The van der Waals surface area contributed by atoms with Crippen molar-refractivity contribution in [2.45, 2.75) is 26.2 Å². The van der Waals surface area contributed by atoms with Gasteiger partial charge in [-0.15, -0.1) is 0 Å². The highest BCUT2D eigenvalue weighted by Crippen LogP contribution is 2.18. The maximum absolute atomic E-state index is 4.71. The summed E-state index contributed by atoms with van der Waals surface area (Å²) in [5, 5.41) is 0. The first kappa shape index (κ1) is 15.8. The highest BCUT2D eigenvalue weighted by Gasteiger charge is 2.22. The molecule has 0 bridgehead atoms. The summed E-state index contributed by atoms with van der Waals surface area (Å²) < 4.78 is 2.44. The summed E-state index contributed by atoms with van der Waals surface area (Å²) in [7, 11) is 2.21. The molecule has 0 aliphatic carbocycles. The Morgan fingerprint density at radius 3 is 2.42 bits per heavy atom. The first-order chi connectivity index (χ1) is 11.8. The highest BCUT2D eigenvalue weighted by atomic mass is 15.3. The van der Waals surface area contributed by atoms with Gasteiger partial charge >= 0.3 is 0 Å². The largest absolute Gasteiger partial charge is 0.328 e. The van der Waals surface area contributed by atoms with Gasteiger partial charge in [-0.25, -0.2) is 4.98 Å². The first-order valence-corrected chi connectivity index (χ1v) is 8.98. The summed E-state index contributed by atoms with van der Waals surface area (Å²) in [5.74, 6) is 1.22. The lowest BCUT2D eigenvalue weighted by atomic mass is 10.2. The SMILES string of the molecule is CN1CCN(Cc2cnc3n2CCN(Cc2ccccc2)C3)CC1. The van der Waals surface area contributed by atoms with Crippen molar-refractivity contribution in [1.29, 1.82) is 0 Å². The minimum absolute atomic E-state index is 0.956. The number of rotatable bonds is 4. The van der Waals surface area contributed by atoms with Gasteiger partial charge in [0.2, 0.25) is 0 Å². The number of piperazine rings is 1. The van der Waals surface area contributed by atoms with Crippen LogP contribution in [0.1, 0.15) is 17.1 Å². The fraction of sp³-hybridized carbons (Fsp3) is 0.526. The van der Waals surface area contributed by atoms with Crippen LogP contribution in [0.5, 0.6) is 0 Å². The fourth-order valence-corrected chi connectivity index (χ4v) is 3.71. The van der Waals surface area contributed by atoms with Crippen molar-refractivity contribution in [3.63, 3.8) is 0 Å². The molecule has 128 valence electrons. The predicted molar refractivity (Wildman–Crippen MR) is 95.6 cm³/mol. The van der Waals surface area contributed by atoms with E-state index in [1.54, 1.807) is 0 Å². The minimum atomic E-state index is 0.956. The summed E-state index contributed by atoms with van der Waals surface area (Å²) >= 11 is 0. The van der Waals surface area contributed by atoms with Crippen LogP contribution in [0.3, 0.4) is 0 Å². The second-order valence-electron chi connectivity index (χ2n) is 7.09. The van der Waals surface area contributed by atoms with Gasteiger partial charge in [0.15, 0.2) is 0 Å². The average molecular weight is 325 g/mol. The molecule has 3 heterocycles. The Morgan fingerprint density at radius 2 is 1.62 bits per heavy atom. The van der Waals surface area contributed by atoms with Gasteiger partial charge in [-0.3, -0.25) is 9.80 Å². The number of benzene rings is 1. The molecule has 0 radical (unpaired) electrons. The third-order valence-corrected chi connectivity index (χ3v) is 5.26. The normalized spacial score (nSPS) is 20.2. The molecule has 0 saturated carbocycles. The van der Waals surface area contributed by atoms with Crippen LogP contribution in [0.15, 0.2) is 36.5 Å². The molecule has 0 amide bonds. The molecule has 0 spiro atoms. The van der Waals surface area contributed by atoms with Gasteiger partial charge in [0, 0.05) is 58.6 Å². The van der Waals surface area contributed by atoms with Crippen molar-refractivity contribution < 1.29 is 0 Å². The zero-order valence-electron chi connectivity index (χ0n) is 14.6. The van der Waals surface area contributed by atoms with E-state index in [-0.39, 0.29) is 0 Å². The molecule has 0 unspecified atom stereocenters. The van der Waals surface area contributed by atoms with E-state index in [0.29, 0.717) is 0 Å². The average Bonchev–Trinajstić information content (AvgIpc) is 3.00. The van der Waals surface area contributed by atoms with Gasteiger partial charge in [-0.1, -0.05) is 30.3 Å². The number of hydrogen-bond donors (Lipinski definition) is 0. The highest BCUT2D eigenvalue weighted by molar-refractivity contribution is 5.15. The molecule has 24 heavy (non-hydrogen) atoms. The quantitative estimate of drug-likeness (QED) is 0.854. The van der Waals surface area contributed by atoms with Crippen LogP contribution in [-0.4, -0.2) is 64.0 Å². The van der Waals surface area contributed by atoms with E-state index in [0.717, 1.165) is 45.8 Å². The van der Waals surface area contributed by atoms with E-state index >= 15 is 0 Å². The Bertz CT molecular complexity index is 658. The van der Waals surface area contributed by atoms with Crippen molar-refractivity contribution >= 4 is 0 Å². The summed E-state index contributed by atoms with van der Waals surface area (Å²) in [6.07, 6.45) is 2.10. The molecular weight excluding hydrogens is 298 g/mol. The number of nitrogens with zero attached hydrogens (tertiary/aromatic N) is 5. The maximum atomic E-state index is 4.71. The van der Waals surface area contributed by atoms with Crippen molar-refractivity contribution in [2.75, 3.05) is 39.8 Å². The molecule has 1 aromatic heterocycles. The van der Waals surface area contributed by atoms with Gasteiger partial charge in [-0.2, -0.15) is 0 Å². The molecule has 1 aromatic carbocycles. The Hall–Kier alpha value is -1.69. The molecule has 5 heteroatoms. The summed E-state index contributed by atoms with van der Waals surface area (Å²) in [6.45, 7) is 9.85. The smallest absolute Gasteiger partial charge is 0.123 e. The summed E-state index contributed by atoms with van der Waals surface area (Å²) in [5.41, 5.74) is 2.77. The van der Waals surface area contributed by atoms with Crippen LogP contribution >= 0.6 is 0 Å². The zero-order valence-corrected chi connectivity index (χ0v) is 14.6. The number of aromatic nitrogens is 2. The minimum Gasteiger partial charge on any atom is -0.328 e. The number of likely N-dealkylation sites (N-methyl/N-ethyl adjacent to an activating group) is 1. The molecule has 2 aromatic rings. The van der Waals surface area contributed by atoms with Gasteiger partial charge < -0.3 is 9.47 Å². The molecule has 2 aliphatic rings. The van der Waals surface area contributed by atoms with E-state index in [9.17, 15) is 0 Å². The van der Waals surface area contributed by atoms with E-state index in [1.807, 2.05) is 0 Å². The second kappa shape index (κ2) is 7.05. The number of hydrogen-bond acceptors (Lipinski definition) is 4. The zero-order chi connectivity index (χ0) is 16.4. The third kappa shape index (κ3) is 3.53. The van der Waals surface area contributed by atoms with Crippen LogP contribution in [0.25, 0.3) is 0 Å². The van der Waals surface area contributed by atoms with E-state index < -0.39 is 0 Å². The molecule has 0 atom stereocenters. The molecular formula is C19H27N5. The standard InChI is InChI=1S/C19H27N5/c1-21-7-9-22(10-8-21)15-18-13-20-19-16-23(11-12-24(18)19)14-17-5-3-2-4-6-17/h2-6,13H,7-12,14-16H2,1H3. The van der Waals surface area contributed by atoms with Crippen LogP contribution in [0, 0.1) is 0 Å². The lowest BCUT2D eigenvalue weighted by molar-refractivity contribution is 0.143. The van der Waals surface area contributed by atoms with Crippen LogP contribution in [-0.2, 0) is 26.2 Å². The number of imidazole rings is 1. The van der Waals surface area contributed by atoms with Crippen molar-refractivity contribution in [1.82, 2.24) is 24.3 Å². The molecule has 4 rings (SSSR count). The van der Waals surface area contributed by atoms with Crippen LogP contribution in [0.4, 0.5) is 0 Å². The Kier molecular flexibility index (Phi) is 4.65. The number of fused-ring (bicyclic) bond motifs is 1. The van der Waals surface area contributed by atoms with Crippen LogP contribution < -0.4 is 0 Å². The van der Waals surface area contributed by atoms with E-state index in [4.69, 9.17) is 4.98 Å². The maximum Gasteiger partial charge on any atom is 0.123 e. The molecule has 1 fully saturated rings. The molecule has 5 nitrogen and oxygen atoms in total. The molecule has 2 aliphatic heterocycles. The van der Waals surface area contributed by atoms with Crippen molar-refractivity contribution in [3.8, 4) is 0 Å². The van der Waals surface area contributed by atoms with Gasteiger partial charge in [-0.05, 0) is 12.6 Å². The van der Waals surface area contributed by atoms with Gasteiger partial charge in [0.05, 0.1) is 12.2 Å². The topological polar surface area (TPSA) is 27.5 Å². The second-order valence-corrected chi connectivity index (χ2v) is 7.09. The predicted octanol–water partition coefficient (Wildman–Crippen LogP) is 1.65. The van der Waals surface area contributed by atoms with Crippen LogP contribution in [0.2, 0.25) is 0 Å². The van der Waals surface area contributed by atoms with E-state index in [1.165, 1.54) is 30.2 Å². The molecule has 0 N–H and O–H groups in total. The molecule has 1 saturated heterocycles. The first-order valence-electron chi connectivity index (χ1n) is 8.98. The fourth-order valence-electron chi connectivity index (χ4n) is 3.71. The van der Waals surface area contributed by atoms with Gasteiger partial charge in [0.25, 0.3) is 0 Å². The Morgan fingerprint density at radius 1 is 0.875 bits per heavy atom. The summed E-state index contributed by atoms with van der Waals surface area (Å²) in [6, 6.07) is 10.7. The van der Waals surface area contributed by atoms with Crippen molar-refractivity contribution in [2.24, 2.45) is 0 Å². The summed E-state index contributed by atoms with van der Waals surface area (Å²) in [4.78, 5) is 12.2. The Balaban J connectivity index is 1.38. The van der Waals surface area contributed by atoms with Crippen molar-refractivity contribution in [3.05, 3.63) is 53.6 Å². The lowest BCUT2D eigenvalue weighted by Gasteiger charge is -2.33.